The van der Waals surface area contributed by atoms with Gasteiger partial charge in [-0.2, -0.15) is 17.2 Å². The van der Waals surface area contributed by atoms with Crippen LogP contribution in [0.25, 0.3) is 0 Å². The summed E-state index contributed by atoms with van der Waals surface area (Å²) in [6.07, 6.45) is 0. The molecule has 0 saturated heterocycles. The van der Waals surface area contributed by atoms with E-state index in [1.165, 1.54) is 0 Å². The van der Waals surface area contributed by atoms with E-state index in [1.54, 1.807) is 0 Å². The normalized spacial score (nSPS) is 11.8. The van der Waals surface area contributed by atoms with Gasteiger partial charge in [-0.1, -0.05) is 17.7 Å². The Labute approximate surface area is 95.0 Å². The molecule has 0 N–H and O–H groups in total. The Morgan fingerprint density at radius 2 is 2.00 bits per heavy atom. The lowest BCUT2D eigenvalue weighted by atomic mass is 10.2. The topological polar surface area (TPSA) is 43.4 Å². The first-order chi connectivity index (χ1) is 7.28. The van der Waals surface area contributed by atoms with Gasteiger partial charge in [0.15, 0.2) is 0 Å². The smallest absolute Gasteiger partial charge is 0.387 e. The van der Waals surface area contributed by atoms with Crippen LogP contribution < -0.4 is 4.74 Å². The van der Waals surface area contributed by atoms with Crippen LogP contribution in [-0.4, -0.2) is 15.0 Å². The van der Waals surface area contributed by atoms with E-state index in [1.807, 2.05) is 0 Å². The number of hydrogen-bond acceptors (Lipinski definition) is 3. The molecular weight excluding hydrogens is 269 g/mol. The third-order valence-electron chi connectivity index (χ3n) is 1.55. The van der Waals surface area contributed by atoms with E-state index in [2.05, 4.69) is 4.74 Å². The molecule has 0 fully saturated rings. The largest absolute Gasteiger partial charge is 0.433 e. The molecule has 0 heterocycles. The summed E-state index contributed by atoms with van der Waals surface area (Å²) in [5.41, 5.74) is 0.0501. The molecule has 0 aromatic heterocycles. The van der Waals surface area contributed by atoms with Crippen LogP contribution in [0.2, 0.25) is 5.02 Å². The van der Waals surface area contributed by atoms with Gasteiger partial charge in [0.05, 0.1) is 5.02 Å². The molecule has 0 aliphatic heterocycles. The zero-order valence-electron chi connectivity index (χ0n) is 7.66. The molecule has 0 atom stereocenters. The minimum atomic E-state index is -4.68. The van der Waals surface area contributed by atoms with Gasteiger partial charge in [-0.25, -0.2) is 0 Å². The van der Waals surface area contributed by atoms with E-state index in [0.29, 0.717) is 0 Å². The van der Waals surface area contributed by atoms with Crippen molar-refractivity contribution < 1.29 is 25.8 Å². The van der Waals surface area contributed by atoms with E-state index in [4.69, 9.17) is 11.6 Å². The Hall–Kier alpha value is -0.950. The molecule has 0 saturated carbocycles. The molecule has 3 nitrogen and oxygen atoms in total. The van der Waals surface area contributed by atoms with Crippen LogP contribution in [0, 0.1) is 0 Å². The first-order valence-electron chi connectivity index (χ1n) is 3.93. The van der Waals surface area contributed by atoms with Gasteiger partial charge in [0.25, 0.3) is 0 Å². The fraction of sp³-hybridized carbons (Fsp3) is 0.250. The summed E-state index contributed by atoms with van der Waals surface area (Å²) in [4.78, 5) is 0. The summed E-state index contributed by atoms with van der Waals surface area (Å²) in [6.45, 7) is -3.03. The minimum Gasteiger partial charge on any atom is -0.433 e. The lowest BCUT2D eigenvalue weighted by Crippen LogP contribution is -2.03. The fourth-order valence-corrected chi connectivity index (χ4v) is 1.85. The molecule has 0 amide bonds. The van der Waals surface area contributed by atoms with Crippen molar-refractivity contribution in [2.75, 3.05) is 0 Å². The van der Waals surface area contributed by atoms with Crippen molar-refractivity contribution >= 4 is 21.8 Å². The summed E-state index contributed by atoms with van der Waals surface area (Å²) in [5.74, 6) is -1.15. The zero-order chi connectivity index (χ0) is 12.3. The Bertz CT molecular complexity index is 475. The summed E-state index contributed by atoms with van der Waals surface area (Å²) in [6, 6.07) is 3.24. The van der Waals surface area contributed by atoms with Crippen LogP contribution >= 0.6 is 11.6 Å². The first kappa shape index (κ1) is 13.1. The van der Waals surface area contributed by atoms with Crippen LogP contribution in [-0.2, 0) is 16.0 Å². The molecule has 0 unspecified atom stereocenters. The Morgan fingerprint density at radius 3 is 2.44 bits per heavy atom. The Kier molecular flexibility index (Phi) is 4.03. The second-order valence-electron chi connectivity index (χ2n) is 2.83. The van der Waals surface area contributed by atoms with Crippen LogP contribution in [0.4, 0.5) is 12.7 Å². The van der Waals surface area contributed by atoms with Crippen molar-refractivity contribution in [3.63, 3.8) is 0 Å². The van der Waals surface area contributed by atoms with Crippen LogP contribution in [0.15, 0.2) is 18.2 Å². The average molecular weight is 275 g/mol. The number of rotatable bonds is 4. The molecule has 8 heteroatoms. The predicted octanol–water partition coefficient (Wildman–Crippen LogP) is 2.74. The lowest BCUT2D eigenvalue weighted by molar-refractivity contribution is -0.0497. The van der Waals surface area contributed by atoms with Crippen molar-refractivity contribution in [3.8, 4) is 5.75 Å². The number of ether oxygens (including phenoxy) is 1. The third-order valence-corrected chi connectivity index (χ3v) is 2.52. The van der Waals surface area contributed by atoms with Gasteiger partial charge in [-0.15, -0.1) is 3.89 Å². The van der Waals surface area contributed by atoms with Crippen molar-refractivity contribution in [3.05, 3.63) is 28.8 Å². The van der Waals surface area contributed by atoms with Crippen LogP contribution in [0.1, 0.15) is 5.56 Å². The monoisotopic (exact) mass is 274 g/mol. The van der Waals surface area contributed by atoms with Gasteiger partial charge < -0.3 is 4.74 Å². The van der Waals surface area contributed by atoms with E-state index in [0.717, 1.165) is 18.2 Å². The molecular formula is C8H6ClF3O3S. The Morgan fingerprint density at radius 1 is 1.38 bits per heavy atom. The molecule has 0 spiro atoms. The number of alkyl halides is 2. The molecule has 90 valence electrons. The van der Waals surface area contributed by atoms with Gasteiger partial charge in [-0.3, -0.25) is 0 Å². The van der Waals surface area contributed by atoms with E-state index in [9.17, 15) is 21.1 Å². The maximum absolute atomic E-state index is 12.3. The summed E-state index contributed by atoms with van der Waals surface area (Å²) in [5, 5.41) is -0.207. The Balaban J connectivity index is 2.91. The third kappa shape index (κ3) is 4.28. The number of hydrogen-bond donors (Lipinski definition) is 0. The second-order valence-corrected chi connectivity index (χ2v) is 4.60. The molecule has 1 aromatic rings. The zero-order valence-corrected chi connectivity index (χ0v) is 9.23. The number of benzene rings is 1. The van der Waals surface area contributed by atoms with Crippen molar-refractivity contribution in [1.29, 1.82) is 0 Å². The average Bonchev–Trinajstić information content (AvgIpc) is 2.06. The van der Waals surface area contributed by atoms with Crippen LogP contribution in [0.3, 0.4) is 0 Å². The lowest BCUT2D eigenvalue weighted by Gasteiger charge is -2.07. The number of halogens is 4. The fourth-order valence-electron chi connectivity index (χ4n) is 1.02. The molecule has 0 radical (unpaired) electrons. The first-order valence-corrected chi connectivity index (χ1v) is 5.86. The maximum atomic E-state index is 12.3. The van der Waals surface area contributed by atoms with E-state index >= 15 is 0 Å². The van der Waals surface area contributed by atoms with Gasteiger partial charge in [0.1, 0.15) is 11.5 Å². The van der Waals surface area contributed by atoms with E-state index in [-0.39, 0.29) is 16.3 Å². The highest BCUT2D eigenvalue weighted by Crippen LogP contribution is 2.27. The molecule has 0 aliphatic rings. The maximum Gasteiger partial charge on any atom is 0.387 e. The van der Waals surface area contributed by atoms with Crippen molar-refractivity contribution in [2.45, 2.75) is 12.4 Å². The quantitative estimate of drug-likeness (QED) is 0.793. The standard InChI is InChI=1S/C8H6ClF3O3S/c9-6-3-5(4-16(12,13)14)1-2-7(6)15-8(10)11/h1-3,8H,4H2. The second kappa shape index (κ2) is 4.92. The predicted molar refractivity (Wildman–Crippen MR) is 51.8 cm³/mol. The van der Waals surface area contributed by atoms with Crippen LogP contribution in [0.5, 0.6) is 5.75 Å². The minimum absolute atomic E-state index is 0.0501. The SMILES string of the molecule is O=S(=O)(F)Cc1ccc(OC(F)F)c(Cl)c1. The summed E-state index contributed by atoms with van der Waals surface area (Å²) < 4.78 is 60.6. The van der Waals surface area contributed by atoms with Gasteiger partial charge in [0.2, 0.25) is 0 Å². The highest BCUT2D eigenvalue weighted by molar-refractivity contribution is 7.85. The van der Waals surface area contributed by atoms with Crippen molar-refractivity contribution in [2.24, 2.45) is 0 Å². The molecule has 16 heavy (non-hydrogen) atoms. The van der Waals surface area contributed by atoms with Gasteiger partial charge >= 0.3 is 16.8 Å². The summed E-state index contributed by atoms with van der Waals surface area (Å²) >= 11 is 5.53. The highest BCUT2D eigenvalue weighted by atomic mass is 35.5. The highest BCUT2D eigenvalue weighted by Gasteiger charge is 2.13. The summed E-state index contributed by atoms with van der Waals surface area (Å²) in [7, 11) is -4.68. The van der Waals surface area contributed by atoms with E-state index < -0.39 is 22.6 Å². The molecule has 0 bridgehead atoms. The van der Waals surface area contributed by atoms with Gasteiger partial charge in [0, 0.05) is 0 Å². The van der Waals surface area contributed by atoms with Gasteiger partial charge in [-0.05, 0) is 17.7 Å². The van der Waals surface area contributed by atoms with Crippen molar-refractivity contribution in [1.82, 2.24) is 0 Å². The molecule has 0 aliphatic carbocycles. The molecule has 1 aromatic carbocycles. The molecule has 1 rings (SSSR count).